The van der Waals surface area contributed by atoms with Gasteiger partial charge >= 0.3 is 0 Å². The topological polar surface area (TPSA) is 50.1 Å². The molecule has 1 fully saturated rings. The highest BCUT2D eigenvalue weighted by Crippen LogP contribution is 2.28. The van der Waals surface area contributed by atoms with Crippen LogP contribution in [0.15, 0.2) is 6.20 Å². The number of nitrogens with one attached hydrogen (secondary N) is 1. The molecule has 0 amide bonds. The van der Waals surface area contributed by atoms with Crippen LogP contribution in [-0.4, -0.2) is 28.0 Å². The fourth-order valence-corrected chi connectivity index (χ4v) is 2.36. The van der Waals surface area contributed by atoms with Crippen molar-refractivity contribution in [1.82, 2.24) is 15.1 Å². The van der Waals surface area contributed by atoms with Crippen molar-refractivity contribution in [3.63, 3.8) is 0 Å². The number of aromatic nitrogens is 2. The second-order valence-corrected chi connectivity index (χ2v) is 4.42. The van der Waals surface area contributed by atoms with E-state index in [1.54, 1.807) is 0 Å². The Kier molecular flexibility index (Phi) is 3.07. The smallest absolute Gasteiger partial charge is 0.0641 e. The Labute approximate surface area is 90.3 Å². The summed E-state index contributed by atoms with van der Waals surface area (Å²) >= 11 is 0. The molecule has 15 heavy (non-hydrogen) atoms. The number of nitrogens with zero attached hydrogens (tertiary/aromatic N) is 2. The number of piperidine rings is 1. The molecule has 2 atom stereocenters. The second kappa shape index (κ2) is 4.33. The minimum Gasteiger partial charge on any atom is -0.396 e. The summed E-state index contributed by atoms with van der Waals surface area (Å²) in [7, 11) is 1.95. The molecule has 2 rings (SSSR count). The first kappa shape index (κ1) is 10.6. The van der Waals surface area contributed by atoms with E-state index in [-0.39, 0.29) is 0 Å². The SMILES string of the molecule is Cc1nn(C)cc1C1CC(CO)CCN1. The van der Waals surface area contributed by atoms with Gasteiger partial charge in [-0.15, -0.1) is 0 Å². The van der Waals surface area contributed by atoms with Crippen LogP contribution in [0.5, 0.6) is 0 Å². The van der Waals surface area contributed by atoms with Crippen LogP contribution in [0, 0.1) is 12.8 Å². The summed E-state index contributed by atoms with van der Waals surface area (Å²) in [6.45, 7) is 3.33. The zero-order chi connectivity index (χ0) is 10.8. The van der Waals surface area contributed by atoms with E-state index >= 15 is 0 Å². The van der Waals surface area contributed by atoms with E-state index in [9.17, 15) is 5.11 Å². The van der Waals surface area contributed by atoms with Gasteiger partial charge in [0.1, 0.15) is 0 Å². The van der Waals surface area contributed by atoms with E-state index in [1.165, 1.54) is 5.56 Å². The lowest BCUT2D eigenvalue weighted by Crippen LogP contribution is -2.33. The number of hydrogen-bond donors (Lipinski definition) is 2. The van der Waals surface area contributed by atoms with E-state index < -0.39 is 0 Å². The monoisotopic (exact) mass is 209 g/mol. The van der Waals surface area contributed by atoms with E-state index in [0.717, 1.165) is 25.1 Å². The standard InChI is InChI=1S/C11H19N3O/c1-8-10(6-14(2)13-8)11-5-9(7-15)3-4-12-11/h6,9,11-12,15H,3-5,7H2,1-2H3. The van der Waals surface area contributed by atoms with E-state index in [4.69, 9.17) is 0 Å². The third kappa shape index (κ3) is 2.21. The highest BCUT2D eigenvalue weighted by atomic mass is 16.3. The first-order chi connectivity index (χ1) is 7.20. The normalized spacial score (nSPS) is 26.9. The third-order valence-corrected chi connectivity index (χ3v) is 3.20. The minimum atomic E-state index is 0.303. The summed E-state index contributed by atoms with van der Waals surface area (Å²) in [4.78, 5) is 0. The molecule has 2 heterocycles. The van der Waals surface area contributed by atoms with Crippen LogP contribution in [0.2, 0.25) is 0 Å². The van der Waals surface area contributed by atoms with Crippen LogP contribution >= 0.6 is 0 Å². The van der Waals surface area contributed by atoms with Gasteiger partial charge in [-0.2, -0.15) is 5.10 Å². The summed E-state index contributed by atoms with van der Waals surface area (Å²) < 4.78 is 1.86. The van der Waals surface area contributed by atoms with Crippen molar-refractivity contribution in [1.29, 1.82) is 0 Å². The number of rotatable bonds is 2. The fourth-order valence-electron chi connectivity index (χ4n) is 2.36. The van der Waals surface area contributed by atoms with Gasteiger partial charge in [0.05, 0.1) is 5.69 Å². The molecule has 1 aliphatic rings. The largest absolute Gasteiger partial charge is 0.396 e. The van der Waals surface area contributed by atoms with Crippen LogP contribution in [0.1, 0.15) is 30.1 Å². The Balaban J connectivity index is 2.13. The molecule has 84 valence electrons. The van der Waals surface area contributed by atoms with Crippen molar-refractivity contribution in [3.05, 3.63) is 17.5 Å². The fraction of sp³-hybridized carbons (Fsp3) is 0.727. The highest BCUT2D eigenvalue weighted by Gasteiger charge is 2.24. The van der Waals surface area contributed by atoms with Crippen LogP contribution < -0.4 is 5.32 Å². The summed E-state index contributed by atoms with van der Waals surface area (Å²) in [5.74, 6) is 0.441. The first-order valence-electron chi connectivity index (χ1n) is 5.55. The first-order valence-corrected chi connectivity index (χ1v) is 5.55. The zero-order valence-corrected chi connectivity index (χ0v) is 9.40. The lowest BCUT2D eigenvalue weighted by Gasteiger charge is -2.29. The van der Waals surface area contributed by atoms with Crippen molar-refractivity contribution in [2.45, 2.75) is 25.8 Å². The predicted octanol–water partition coefficient (Wildman–Crippen LogP) is 0.762. The summed E-state index contributed by atoms with van der Waals surface area (Å²) in [6.07, 6.45) is 4.17. The Bertz CT molecular complexity index is 335. The van der Waals surface area contributed by atoms with Gasteiger partial charge < -0.3 is 10.4 Å². The number of aryl methyl sites for hydroxylation is 2. The average Bonchev–Trinajstić information content (AvgIpc) is 2.58. The summed E-state index contributed by atoms with van der Waals surface area (Å²) in [5, 5.41) is 17.0. The molecule has 1 saturated heterocycles. The van der Waals surface area contributed by atoms with Crippen LogP contribution in [0.25, 0.3) is 0 Å². The molecule has 0 saturated carbocycles. The molecule has 1 aromatic rings. The molecule has 0 aliphatic carbocycles. The van der Waals surface area contributed by atoms with E-state index in [2.05, 4.69) is 16.6 Å². The maximum atomic E-state index is 9.18. The van der Waals surface area contributed by atoms with Crippen molar-refractivity contribution >= 4 is 0 Å². The van der Waals surface area contributed by atoms with Crippen LogP contribution in [-0.2, 0) is 7.05 Å². The Hall–Kier alpha value is -0.870. The Morgan fingerprint density at radius 3 is 3.07 bits per heavy atom. The van der Waals surface area contributed by atoms with E-state index in [0.29, 0.717) is 18.6 Å². The molecule has 4 heteroatoms. The average molecular weight is 209 g/mol. The van der Waals surface area contributed by atoms with Gasteiger partial charge in [0, 0.05) is 31.5 Å². The van der Waals surface area contributed by atoms with Crippen LogP contribution in [0.3, 0.4) is 0 Å². The van der Waals surface area contributed by atoms with Gasteiger partial charge in [0.2, 0.25) is 0 Å². The Morgan fingerprint density at radius 2 is 2.47 bits per heavy atom. The maximum Gasteiger partial charge on any atom is 0.0641 e. The maximum absolute atomic E-state index is 9.18. The predicted molar refractivity (Wildman–Crippen MR) is 58.5 cm³/mol. The van der Waals surface area contributed by atoms with Gasteiger partial charge in [-0.1, -0.05) is 0 Å². The summed E-state index contributed by atoms with van der Waals surface area (Å²) in [5.41, 5.74) is 2.37. The third-order valence-electron chi connectivity index (χ3n) is 3.20. The molecule has 1 aliphatic heterocycles. The number of aliphatic hydroxyl groups is 1. The quantitative estimate of drug-likeness (QED) is 0.756. The van der Waals surface area contributed by atoms with Crippen molar-refractivity contribution < 1.29 is 5.11 Å². The molecule has 4 nitrogen and oxygen atoms in total. The van der Waals surface area contributed by atoms with E-state index in [1.807, 2.05) is 18.7 Å². The van der Waals surface area contributed by atoms with Gasteiger partial charge in [0.25, 0.3) is 0 Å². The zero-order valence-electron chi connectivity index (χ0n) is 9.40. The molecular weight excluding hydrogens is 190 g/mol. The Morgan fingerprint density at radius 1 is 1.67 bits per heavy atom. The number of aliphatic hydroxyl groups excluding tert-OH is 1. The molecule has 2 unspecified atom stereocenters. The molecule has 0 bridgehead atoms. The lowest BCUT2D eigenvalue weighted by molar-refractivity contribution is 0.176. The minimum absolute atomic E-state index is 0.303. The highest BCUT2D eigenvalue weighted by molar-refractivity contribution is 5.20. The summed E-state index contributed by atoms with van der Waals surface area (Å²) in [6, 6.07) is 0.365. The van der Waals surface area contributed by atoms with Gasteiger partial charge in [-0.25, -0.2) is 0 Å². The molecule has 1 aromatic heterocycles. The molecule has 0 radical (unpaired) electrons. The molecular formula is C11H19N3O. The van der Waals surface area contributed by atoms with Crippen molar-refractivity contribution in [2.75, 3.05) is 13.2 Å². The van der Waals surface area contributed by atoms with Gasteiger partial charge in [0.15, 0.2) is 0 Å². The van der Waals surface area contributed by atoms with Gasteiger partial charge in [-0.05, 0) is 32.2 Å². The molecule has 0 spiro atoms. The van der Waals surface area contributed by atoms with Gasteiger partial charge in [-0.3, -0.25) is 4.68 Å². The molecule has 2 N–H and O–H groups in total. The lowest BCUT2D eigenvalue weighted by atomic mass is 9.89. The second-order valence-electron chi connectivity index (χ2n) is 4.42. The van der Waals surface area contributed by atoms with Crippen molar-refractivity contribution in [2.24, 2.45) is 13.0 Å². The molecule has 0 aromatic carbocycles. The van der Waals surface area contributed by atoms with Crippen LogP contribution in [0.4, 0.5) is 0 Å². The van der Waals surface area contributed by atoms with Crippen molar-refractivity contribution in [3.8, 4) is 0 Å². The number of hydrogen-bond acceptors (Lipinski definition) is 3.